The summed E-state index contributed by atoms with van der Waals surface area (Å²) in [5.74, 6) is 0.115. The molecule has 1 atom stereocenters. The first kappa shape index (κ1) is 13.5. The van der Waals surface area contributed by atoms with Crippen molar-refractivity contribution in [2.75, 3.05) is 18.8 Å². The minimum Gasteiger partial charge on any atom is -0.392 e. The molecule has 1 aliphatic rings. The molecule has 1 aromatic carbocycles. The van der Waals surface area contributed by atoms with Crippen LogP contribution >= 0.6 is 0 Å². The molecule has 0 amide bonds. The minimum atomic E-state index is -3.24. The van der Waals surface area contributed by atoms with E-state index in [0.29, 0.717) is 19.4 Å². The van der Waals surface area contributed by atoms with Gasteiger partial charge in [-0.2, -0.15) is 4.31 Å². The Balaban J connectivity index is 1.95. The van der Waals surface area contributed by atoms with Crippen LogP contribution in [0.4, 0.5) is 0 Å². The molecule has 1 heterocycles. The molecule has 5 heteroatoms. The zero-order valence-electron chi connectivity index (χ0n) is 10.3. The highest BCUT2D eigenvalue weighted by Gasteiger charge is 2.27. The molecular formula is C13H19NO3S. The third kappa shape index (κ3) is 3.54. The molecule has 18 heavy (non-hydrogen) atoms. The van der Waals surface area contributed by atoms with Crippen LogP contribution in [-0.4, -0.2) is 42.8 Å². The van der Waals surface area contributed by atoms with Gasteiger partial charge in [0.15, 0.2) is 0 Å². The van der Waals surface area contributed by atoms with Crippen molar-refractivity contribution in [1.82, 2.24) is 4.31 Å². The SMILES string of the molecule is O=S(=O)(CCc1ccccc1)N1CCC[C@H](O)C1. The van der Waals surface area contributed by atoms with Gasteiger partial charge in [0.25, 0.3) is 0 Å². The highest BCUT2D eigenvalue weighted by molar-refractivity contribution is 7.89. The average Bonchev–Trinajstić information content (AvgIpc) is 2.38. The third-order valence-corrected chi connectivity index (χ3v) is 5.08. The third-order valence-electron chi connectivity index (χ3n) is 3.24. The summed E-state index contributed by atoms with van der Waals surface area (Å²) in [6, 6.07) is 9.60. The van der Waals surface area contributed by atoms with E-state index in [2.05, 4.69) is 0 Å². The molecule has 0 aliphatic carbocycles. The summed E-state index contributed by atoms with van der Waals surface area (Å²) in [5, 5.41) is 9.52. The Morgan fingerprint density at radius 2 is 2.00 bits per heavy atom. The first-order valence-electron chi connectivity index (χ1n) is 6.28. The van der Waals surface area contributed by atoms with Crippen molar-refractivity contribution < 1.29 is 13.5 Å². The van der Waals surface area contributed by atoms with E-state index in [1.54, 1.807) is 0 Å². The lowest BCUT2D eigenvalue weighted by atomic mass is 10.1. The van der Waals surface area contributed by atoms with Gasteiger partial charge in [0.1, 0.15) is 0 Å². The van der Waals surface area contributed by atoms with E-state index >= 15 is 0 Å². The fraction of sp³-hybridized carbons (Fsp3) is 0.538. The Kier molecular flexibility index (Phi) is 4.37. The van der Waals surface area contributed by atoms with Crippen LogP contribution in [0.3, 0.4) is 0 Å². The molecule has 0 unspecified atom stereocenters. The Morgan fingerprint density at radius 1 is 1.28 bits per heavy atom. The topological polar surface area (TPSA) is 57.6 Å². The van der Waals surface area contributed by atoms with E-state index in [1.807, 2.05) is 30.3 Å². The molecule has 0 aromatic heterocycles. The van der Waals surface area contributed by atoms with Crippen LogP contribution in [0.2, 0.25) is 0 Å². The Morgan fingerprint density at radius 3 is 2.67 bits per heavy atom. The van der Waals surface area contributed by atoms with E-state index in [1.165, 1.54) is 4.31 Å². The van der Waals surface area contributed by atoms with Crippen LogP contribution in [0.25, 0.3) is 0 Å². The molecule has 0 bridgehead atoms. The van der Waals surface area contributed by atoms with Crippen molar-refractivity contribution in [2.45, 2.75) is 25.4 Å². The van der Waals surface area contributed by atoms with Crippen LogP contribution in [-0.2, 0) is 16.4 Å². The van der Waals surface area contributed by atoms with Crippen molar-refractivity contribution in [3.05, 3.63) is 35.9 Å². The standard InChI is InChI=1S/C13H19NO3S/c15-13-7-4-9-14(11-13)18(16,17)10-8-12-5-2-1-3-6-12/h1-3,5-6,13,15H,4,7-11H2/t13-/m0/s1. The zero-order chi connectivity index (χ0) is 13.0. The first-order valence-corrected chi connectivity index (χ1v) is 7.89. The summed E-state index contributed by atoms with van der Waals surface area (Å²) < 4.78 is 25.7. The number of piperidine rings is 1. The van der Waals surface area contributed by atoms with Gasteiger partial charge in [-0.05, 0) is 24.8 Å². The molecule has 1 N–H and O–H groups in total. The van der Waals surface area contributed by atoms with Gasteiger partial charge < -0.3 is 5.11 Å². The number of aliphatic hydroxyl groups is 1. The van der Waals surface area contributed by atoms with Crippen LogP contribution in [0, 0.1) is 0 Å². The summed E-state index contributed by atoms with van der Waals surface area (Å²) in [6.07, 6.45) is 1.46. The molecule has 1 fully saturated rings. The predicted octanol–water partition coefficient (Wildman–Crippen LogP) is 1.02. The van der Waals surface area contributed by atoms with E-state index in [-0.39, 0.29) is 12.3 Å². The van der Waals surface area contributed by atoms with Gasteiger partial charge in [-0.1, -0.05) is 30.3 Å². The van der Waals surface area contributed by atoms with Gasteiger partial charge in [0, 0.05) is 13.1 Å². The largest absolute Gasteiger partial charge is 0.392 e. The first-order chi connectivity index (χ1) is 8.58. The van der Waals surface area contributed by atoms with Gasteiger partial charge in [-0.25, -0.2) is 8.42 Å². The summed E-state index contributed by atoms with van der Waals surface area (Å²) >= 11 is 0. The molecule has 1 aliphatic heterocycles. The molecule has 100 valence electrons. The lowest BCUT2D eigenvalue weighted by Crippen LogP contribution is -2.43. The second-order valence-corrected chi connectivity index (χ2v) is 6.79. The smallest absolute Gasteiger partial charge is 0.214 e. The van der Waals surface area contributed by atoms with Crippen LogP contribution in [0.5, 0.6) is 0 Å². The Labute approximate surface area is 108 Å². The molecule has 0 saturated carbocycles. The van der Waals surface area contributed by atoms with Gasteiger partial charge in [0.05, 0.1) is 11.9 Å². The van der Waals surface area contributed by atoms with Crippen LogP contribution < -0.4 is 0 Å². The van der Waals surface area contributed by atoms with Crippen molar-refractivity contribution in [3.63, 3.8) is 0 Å². The van der Waals surface area contributed by atoms with Crippen molar-refractivity contribution in [2.24, 2.45) is 0 Å². The molecular weight excluding hydrogens is 250 g/mol. The summed E-state index contributed by atoms with van der Waals surface area (Å²) in [6.45, 7) is 0.783. The fourth-order valence-corrected chi connectivity index (χ4v) is 3.75. The molecule has 4 nitrogen and oxygen atoms in total. The number of benzene rings is 1. The van der Waals surface area contributed by atoms with Crippen LogP contribution in [0.1, 0.15) is 18.4 Å². The maximum atomic E-state index is 12.1. The number of aliphatic hydroxyl groups excluding tert-OH is 1. The Bertz CT molecular complexity index is 472. The normalized spacial score (nSPS) is 21.9. The number of hydrogen-bond acceptors (Lipinski definition) is 3. The second kappa shape index (κ2) is 5.82. The van der Waals surface area contributed by atoms with Crippen LogP contribution in [0.15, 0.2) is 30.3 Å². The fourth-order valence-electron chi connectivity index (χ4n) is 2.19. The number of rotatable bonds is 4. The van der Waals surface area contributed by atoms with Crippen molar-refractivity contribution >= 4 is 10.0 Å². The summed E-state index contributed by atoms with van der Waals surface area (Å²) in [5.41, 5.74) is 1.03. The van der Waals surface area contributed by atoms with E-state index < -0.39 is 16.1 Å². The highest BCUT2D eigenvalue weighted by atomic mass is 32.2. The quantitative estimate of drug-likeness (QED) is 0.887. The van der Waals surface area contributed by atoms with Gasteiger partial charge in [-0.3, -0.25) is 0 Å². The molecule has 1 saturated heterocycles. The summed E-state index contributed by atoms with van der Waals surface area (Å²) in [7, 11) is -3.24. The highest BCUT2D eigenvalue weighted by Crippen LogP contribution is 2.15. The van der Waals surface area contributed by atoms with E-state index in [0.717, 1.165) is 12.0 Å². The predicted molar refractivity (Wildman–Crippen MR) is 70.7 cm³/mol. The second-order valence-electron chi connectivity index (χ2n) is 4.71. The number of sulfonamides is 1. The number of aryl methyl sites for hydroxylation is 1. The monoisotopic (exact) mass is 269 g/mol. The number of hydrogen-bond donors (Lipinski definition) is 1. The summed E-state index contributed by atoms with van der Waals surface area (Å²) in [4.78, 5) is 0. The van der Waals surface area contributed by atoms with E-state index in [4.69, 9.17) is 0 Å². The van der Waals surface area contributed by atoms with Gasteiger partial charge in [0.2, 0.25) is 10.0 Å². The maximum Gasteiger partial charge on any atom is 0.214 e. The molecule has 1 aromatic rings. The van der Waals surface area contributed by atoms with Gasteiger partial charge >= 0.3 is 0 Å². The Hall–Kier alpha value is -0.910. The minimum absolute atomic E-state index is 0.115. The van der Waals surface area contributed by atoms with Crippen molar-refractivity contribution in [3.8, 4) is 0 Å². The van der Waals surface area contributed by atoms with E-state index in [9.17, 15) is 13.5 Å². The molecule has 2 rings (SSSR count). The maximum absolute atomic E-state index is 12.1. The number of nitrogens with zero attached hydrogens (tertiary/aromatic N) is 1. The van der Waals surface area contributed by atoms with Gasteiger partial charge in [-0.15, -0.1) is 0 Å². The van der Waals surface area contributed by atoms with Crippen molar-refractivity contribution in [1.29, 1.82) is 0 Å². The molecule has 0 radical (unpaired) electrons. The lowest BCUT2D eigenvalue weighted by Gasteiger charge is -2.29. The zero-order valence-corrected chi connectivity index (χ0v) is 11.1. The number of β-amino-alcohol motifs (C(OH)–C–C–N with tert-alkyl or cyclic N) is 1. The average molecular weight is 269 g/mol. The lowest BCUT2D eigenvalue weighted by molar-refractivity contribution is 0.108. The molecule has 0 spiro atoms.